The van der Waals surface area contributed by atoms with Crippen LogP contribution >= 0.6 is 0 Å². The van der Waals surface area contributed by atoms with E-state index in [4.69, 9.17) is 8.83 Å². The summed E-state index contributed by atoms with van der Waals surface area (Å²) >= 11 is 0. The highest BCUT2D eigenvalue weighted by atomic mass is 16.4. The fourth-order valence-corrected chi connectivity index (χ4v) is 4.56. The SMILES string of the molecule is CN(Cc1ccc(C(C)(C)c2ccc(CN3C(=O)c4ccccc4C3=O)o2)o1)C(=O)c1ccccc1C=O. The van der Waals surface area contributed by atoms with Crippen LogP contribution < -0.4 is 0 Å². The minimum atomic E-state index is -0.662. The van der Waals surface area contributed by atoms with Crippen LogP contribution in [0.3, 0.4) is 0 Å². The lowest BCUT2D eigenvalue weighted by Gasteiger charge is -2.20. The summed E-state index contributed by atoms with van der Waals surface area (Å²) in [7, 11) is 1.65. The van der Waals surface area contributed by atoms with E-state index in [1.165, 1.54) is 9.80 Å². The van der Waals surface area contributed by atoms with Crippen molar-refractivity contribution in [1.82, 2.24) is 9.80 Å². The lowest BCUT2D eigenvalue weighted by Crippen LogP contribution is -2.28. The maximum atomic E-state index is 12.9. The summed E-state index contributed by atoms with van der Waals surface area (Å²) < 4.78 is 12.2. The molecular formula is C30H26N2O6. The molecular weight excluding hydrogens is 484 g/mol. The molecule has 38 heavy (non-hydrogen) atoms. The molecule has 192 valence electrons. The molecule has 0 unspecified atom stereocenters. The van der Waals surface area contributed by atoms with Crippen LogP contribution in [0.4, 0.5) is 0 Å². The van der Waals surface area contributed by atoms with Gasteiger partial charge in [-0.3, -0.25) is 24.1 Å². The van der Waals surface area contributed by atoms with Crippen molar-refractivity contribution in [1.29, 1.82) is 0 Å². The van der Waals surface area contributed by atoms with Crippen LogP contribution in [0.25, 0.3) is 0 Å². The third-order valence-corrected chi connectivity index (χ3v) is 6.81. The number of nitrogens with zero attached hydrogens (tertiary/aromatic N) is 2. The van der Waals surface area contributed by atoms with Crippen molar-refractivity contribution in [3.63, 3.8) is 0 Å². The van der Waals surface area contributed by atoms with Crippen molar-refractivity contribution in [2.24, 2.45) is 0 Å². The highest BCUT2D eigenvalue weighted by Gasteiger charge is 2.36. The summed E-state index contributed by atoms with van der Waals surface area (Å²) in [6, 6.07) is 20.6. The predicted molar refractivity (Wildman–Crippen MR) is 138 cm³/mol. The number of carbonyl (C=O) groups is 4. The van der Waals surface area contributed by atoms with Gasteiger partial charge in [-0.2, -0.15) is 0 Å². The summed E-state index contributed by atoms with van der Waals surface area (Å²) in [6.45, 7) is 4.12. The molecule has 0 saturated heterocycles. The molecule has 1 aliphatic rings. The summed E-state index contributed by atoms with van der Waals surface area (Å²) in [6.07, 6.45) is 0.667. The van der Waals surface area contributed by atoms with Gasteiger partial charge in [-0.25, -0.2) is 0 Å². The molecule has 1 aliphatic heterocycles. The van der Waals surface area contributed by atoms with Gasteiger partial charge < -0.3 is 13.7 Å². The van der Waals surface area contributed by atoms with E-state index in [9.17, 15) is 19.2 Å². The number of amides is 3. The quantitative estimate of drug-likeness (QED) is 0.242. The predicted octanol–water partition coefficient (Wildman–Crippen LogP) is 5.08. The molecule has 8 nitrogen and oxygen atoms in total. The van der Waals surface area contributed by atoms with E-state index < -0.39 is 5.41 Å². The van der Waals surface area contributed by atoms with Crippen molar-refractivity contribution in [3.05, 3.63) is 118 Å². The zero-order valence-corrected chi connectivity index (χ0v) is 21.3. The minimum absolute atomic E-state index is 0.0288. The van der Waals surface area contributed by atoms with E-state index in [2.05, 4.69) is 0 Å². The zero-order chi connectivity index (χ0) is 27.0. The smallest absolute Gasteiger partial charge is 0.261 e. The van der Waals surface area contributed by atoms with Gasteiger partial charge in [0.05, 0.1) is 35.2 Å². The van der Waals surface area contributed by atoms with E-state index in [-0.39, 0.29) is 30.8 Å². The van der Waals surface area contributed by atoms with Gasteiger partial charge in [0.1, 0.15) is 23.0 Å². The van der Waals surface area contributed by atoms with Crippen LogP contribution in [0.1, 0.15) is 78.3 Å². The Labute approximate surface area is 219 Å². The average Bonchev–Trinajstić information content (AvgIpc) is 3.65. The maximum absolute atomic E-state index is 12.9. The largest absolute Gasteiger partial charge is 0.463 e. The first-order valence-corrected chi connectivity index (χ1v) is 12.1. The van der Waals surface area contributed by atoms with Gasteiger partial charge in [0, 0.05) is 12.6 Å². The van der Waals surface area contributed by atoms with Crippen molar-refractivity contribution in [3.8, 4) is 0 Å². The van der Waals surface area contributed by atoms with Gasteiger partial charge in [0.25, 0.3) is 17.7 Å². The Kier molecular flexibility index (Phi) is 6.32. The third-order valence-electron chi connectivity index (χ3n) is 6.81. The summed E-state index contributed by atoms with van der Waals surface area (Å²) in [5.74, 6) is 1.33. The van der Waals surface area contributed by atoms with Crippen molar-refractivity contribution < 1.29 is 28.0 Å². The maximum Gasteiger partial charge on any atom is 0.261 e. The minimum Gasteiger partial charge on any atom is -0.463 e. The summed E-state index contributed by atoms with van der Waals surface area (Å²) in [5.41, 5.74) is 0.793. The molecule has 0 radical (unpaired) electrons. The van der Waals surface area contributed by atoms with Crippen molar-refractivity contribution in [2.75, 3.05) is 7.05 Å². The fraction of sp³-hybridized carbons (Fsp3) is 0.200. The lowest BCUT2D eigenvalue weighted by molar-refractivity contribution is 0.0629. The number of benzene rings is 2. The third kappa shape index (κ3) is 4.34. The number of hydrogen-bond acceptors (Lipinski definition) is 6. The molecule has 2 aromatic carbocycles. The van der Waals surface area contributed by atoms with Gasteiger partial charge in [0.15, 0.2) is 6.29 Å². The van der Waals surface area contributed by atoms with Gasteiger partial charge in [0.2, 0.25) is 0 Å². The normalized spacial score (nSPS) is 13.1. The molecule has 0 N–H and O–H groups in total. The molecule has 0 bridgehead atoms. The Morgan fingerprint density at radius 1 is 0.842 bits per heavy atom. The van der Waals surface area contributed by atoms with Crippen LogP contribution in [0.15, 0.2) is 81.6 Å². The number of aldehydes is 1. The van der Waals surface area contributed by atoms with Crippen LogP contribution in [0, 0.1) is 0 Å². The van der Waals surface area contributed by atoms with Gasteiger partial charge in [-0.05, 0) is 56.3 Å². The molecule has 0 atom stereocenters. The average molecular weight is 511 g/mol. The number of furan rings is 2. The topological polar surface area (TPSA) is 101 Å². The molecule has 3 heterocycles. The molecule has 5 rings (SSSR count). The first-order chi connectivity index (χ1) is 18.2. The Bertz CT molecular complexity index is 1520. The highest BCUT2D eigenvalue weighted by Crippen LogP contribution is 2.35. The molecule has 0 fully saturated rings. The number of carbonyl (C=O) groups excluding carboxylic acids is 4. The first kappa shape index (κ1) is 25.0. The van der Waals surface area contributed by atoms with Gasteiger partial charge >= 0.3 is 0 Å². The number of fused-ring (bicyclic) bond motifs is 1. The summed E-state index contributed by atoms with van der Waals surface area (Å²) in [4.78, 5) is 52.3. The molecule has 4 aromatic rings. The van der Waals surface area contributed by atoms with Crippen LogP contribution in [0.2, 0.25) is 0 Å². The van der Waals surface area contributed by atoms with Crippen LogP contribution in [-0.2, 0) is 18.5 Å². The second kappa shape index (κ2) is 9.63. The molecule has 2 aromatic heterocycles. The highest BCUT2D eigenvalue weighted by molar-refractivity contribution is 6.21. The van der Waals surface area contributed by atoms with Gasteiger partial charge in [-0.1, -0.05) is 30.3 Å². The van der Waals surface area contributed by atoms with E-state index in [0.29, 0.717) is 51.6 Å². The Morgan fingerprint density at radius 2 is 1.39 bits per heavy atom. The lowest BCUT2D eigenvalue weighted by atomic mass is 9.87. The zero-order valence-electron chi connectivity index (χ0n) is 21.3. The number of rotatable bonds is 8. The summed E-state index contributed by atoms with van der Waals surface area (Å²) in [5, 5.41) is 0. The Balaban J connectivity index is 1.29. The monoisotopic (exact) mass is 510 g/mol. The van der Waals surface area contributed by atoms with Crippen molar-refractivity contribution in [2.45, 2.75) is 32.4 Å². The van der Waals surface area contributed by atoms with Crippen LogP contribution in [0.5, 0.6) is 0 Å². The second-order valence-electron chi connectivity index (χ2n) is 9.77. The second-order valence-corrected chi connectivity index (χ2v) is 9.77. The standard InChI is InChI=1S/C30H26N2O6/c1-30(2,25-14-12-20(37-25)16-31(3)27(34)22-9-5-4-8-19(22)18-33)26-15-13-21(38-26)17-32-28(35)23-10-6-7-11-24(23)29(32)36/h4-15,18H,16-17H2,1-3H3. The van der Waals surface area contributed by atoms with E-state index >= 15 is 0 Å². The number of hydrogen-bond donors (Lipinski definition) is 0. The fourth-order valence-electron chi connectivity index (χ4n) is 4.56. The Hall–Kier alpha value is -4.72. The molecule has 3 amide bonds. The Morgan fingerprint density at radius 3 is 2.03 bits per heavy atom. The number of imide groups is 1. The molecule has 8 heteroatoms. The first-order valence-electron chi connectivity index (χ1n) is 12.1. The van der Waals surface area contributed by atoms with E-state index in [1.807, 2.05) is 26.0 Å². The van der Waals surface area contributed by atoms with Crippen molar-refractivity contribution >= 4 is 24.0 Å². The molecule has 0 aliphatic carbocycles. The van der Waals surface area contributed by atoms with Gasteiger partial charge in [-0.15, -0.1) is 0 Å². The van der Waals surface area contributed by atoms with E-state index in [1.54, 1.807) is 67.7 Å². The molecule has 0 spiro atoms. The van der Waals surface area contributed by atoms with E-state index in [0.717, 1.165) is 0 Å². The van der Waals surface area contributed by atoms with Crippen LogP contribution in [-0.4, -0.2) is 40.9 Å². The molecule has 0 saturated carbocycles.